The van der Waals surface area contributed by atoms with Crippen molar-refractivity contribution < 1.29 is 0 Å². The molecule has 1 aliphatic heterocycles. The van der Waals surface area contributed by atoms with E-state index in [1.807, 2.05) is 6.20 Å². The Balaban J connectivity index is 2.13. The quantitative estimate of drug-likeness (QED) is 0.783. The second kappa shape index (κ2) is 4.57. The molecule has 2 rings (SSSR count). The van der Waals surface area contributed by atoms with E-state index in [-0.39, 0.29) is 0 Å². The summed E-state index contributed by atoms with van der Waals surface area (Å²) < 4.78 is 0. The van der Waals surface area contributed by atoms with Gasteiger partial charge in [0.15, 0.2) is 0 Å². The Kier molecular flexibility index (Phi) is 3.16. The maximum atomic E-state index is 4.52. The molecule has 2 N–H and O–H groups in total. The summed E-state index contributed by atoms with van der Waals surface area (Å²) in [6, 6.07) is 0.430. The molecule has 0 aliphatic carbocycles. The molecular weight excluding hydrogens is 188 g/mol. The number of rotatable bonds is 3. The molecule has 1 aromatic rings. The highest BCUT2D eigenvalue weighted by Crippen LogP contribution is 2.12. The molecule has 0 fully saturated rings. The maximum Gasteiger partial charge on any atom is 0.223 e. The summed E-state index contributed by atoms with van der Waals surface area (Å²) in [7, 11) is 0. The van der Waals surface area contributed by atoms with Gasteiger partial charge >= 0.3 is 0 Å². The van der Waals surface area contributed by atoms with Crippen LogP contribution in [0.2, 0.25) is 0 Å². The fraction of sp³-hybridized carbons (Fsp3) is 0.636. The van der Waals surface area contributed by atoms with Gasteiger partial charge in [0.1, 0.15) is 0 Å². The molecule has 0 radical (unpaired) electrons. The van der Waals surface area contributed by atoms with Crippen molar-refractivity contribution in [2.24, 2.45) is 0 Å². The summed E-state index contributed by atoms with van der Waals surface area (Å²) >= 11 is 0. The van der Waals surface area contributed by atoms with Crippen molar-refractivity contribution in [1.82, 2.24) is 15.3 Å². The van der Waals surface area contributed by atoms with Crippen LogP contribution in [0.5, 0.6) is 0 Å². The molecule has 2 heterocycles. The highest BCUT2D eigenvalue weighted by molar-refractivity contribution is 5.31. The van der Waals surface area contributed by atoms with Crippen LogP contribution >= 0.6 is 0 Å². The molecule has 1 aromatic heterocycles. The van der Waals surface area contributed by atoms with E-state index in [4.69, 9.17) is 0 Å². The molecule has 0 bridgehead atoms. The summed E-state index contributed by atoms with van der Waals surface area (Å²) in [5, 5.41) is 6.61. The fourth-order valence-electron chi connectivity index (χ4n) is 1.63. The average molecular weight is 206 g/mol. The lowest BCUT2D eigenvalue weighted by Gasteiger charge is -2.17. The van der Waals surface area contributed by atoms with E-state index in [0.717, 1.165) is 37.6 Å². The zero-order chi connectivity index (χ0) is 10.7. The number of nitrogens with zero attached hydrogens (tertiary/aromatic N) is 2. The molecule has 1 atom stereocenters. The summed E-state index contributed by atoms with van der Waals surface area (Å²) in [6.07, 6.45) is 4.07. The van der Waals surface area contributed by atoms with Crippen LogP contribution in [-0.2, 0) is 13.0 Å². The Hall–Kier alpha value is -1.16. The van der Waals surface area contributed by atoms with Gasteiger partial charge in [-0.3, -0.25) is 0 Å². The molecule has 0 spiro atoms. The van der Waals surface area contributed by atoms with E-state index in [0.29, 0.717) is 6.04 Å². The summed E-state index contributed by atoms with van der Waals surface area (Å²) in [5.41, 5.74) is 2.42. The molecule has 1 unspecified atom stereocenters. The molecule has 0 amide bonds. The lowest BCUT2D eigenvalue weighted by Crippen LogP contribution is -2.26. The predicted octanol–water partition coefficient (Wildman–Crippen LogP) is 1.33. The molecule has 0 aromatic carbocycles. The van der Waals surface area contributed by atoms with Gasteiger partial charge in [0.25, 0.3) is 0 Å². The van der Waals surface area contributed by atoms with E-state index in [2.05, 4.69) is 34.4 Å². The third-order valence-corrected chi connectivity index (χ3v) is 2.81. The Morgan fingerprint density at radius 1 is 1.60 bits per heavy atom. The zero-order valence-corrected chi connectivity index (χ0v) is 9.38. The SMILES string of the molecule is CCC(C)Nc1ncc2c(n1)CNCC2. The summed E-state index contributed by atoms with van der Waals surface area (Å²) in [6.45, 7) is 6.19. The Morgan fingerprint density at radius 2 is 2.47 bits per heavy atom. The van der Waals surface area contributed by atoms with Crippen LogP contribution < -0.4 is 10.6 Å². The van der Waals surface area contributed by atoms with Crippen molar-refractivity contribution >= 4 is 5.95 Å². The smallest absolute Gasteiger partial charge is 0.223 e. The fourth-order valence-corrected chi connectivity index (χ4v) is 1.63. The second-order valence-corrected chi connectivity index (χ2v) is 4.05. The van der Waals surface area contributed by atoms with Crippen molar-refractivity contribution in [2.75, 3.05) is 11.9 Å². The van der Waals surface area contributed by atoms with E-state index in [1.54, 1.807) is 0 Å². The minimum absolute atomic E-state index is 0.430. The normalized spacial score (nSPS) is 16.9. The lowest BCUT2D eigenvalue weighted by molar-refractivity contribution is 0.622. The maximum absolute atomic E-state index is 4.52. The Bertz CT molecular complexity index is 337. The summed E-state index contributed by atoms with van der Waals surface area (Å²) in [4.78, 5) is 8.85. The highest BCUT2D eigenvalue weighted by Gasteiger charge is 2.11. The number of fused-ring (bicyclic) bond motifs is 1. The third kappa shape index (κ3) is 2.45. The Morgan fingerprint density at radius 3 is 3.27 bits per heavy atom. The van der Waals surface area contributed by atoms with Gasteiger partial charge < -0.3 is 10.6 Å². The minimum Gasteiger partial charge on any atom is -0.352 e. The lowest BCUT2D eigenvalue weighted by atomic mass is 10.1. The highest BCUT2D eigenvalue weighted by atomic mass is 15.1. The van der Waals surface area contributed by atoms with Crippen LogP contribution in [0.15, 0.2) is 6.20 Å². The van der Waals surface area contributed by atoms with Crippen molar-refractivity contribution in [3.63, 3.8) is 0 Å². The largest absolute Gasteiger partial charge is 0.352 e. The van der Waals surface area contributed by atoms with E-state index in [1.165, 1.54) is 5.56 Å². The van der Waals surface area contributed by atoms with Crippen LogP contribution in [0.4, 0.5) is 5.95 Å². The zero-order valence-electron chi connectivity index (χ0n) is 9.38. The van der Waals surface area contributed by atoms with Crippen molar-refractivity contribution in [1.29, 1.82) is 0 Å². The standard InChI is InChI=1S/C11H18N4/c1-3-8(2)14-11-13-6-9-4-5-12-7-10(9)15-11/h6,8,12H,3-5,7H2,1-2H3,(H,13,14,15). The van der Waals surface area contributed by atoms with Gasteiger partial charge in [-0.1, -0.05) is 6.92 Å². The number of aromatic nitrogens is 2. The molecule has 1 aliphatic rings. The summed E-state index contributed by atoms with van der Waals surface area (Å²) in [5.74, 6) is 0.756. The first-order valence-corrected chi connectivity index (χ1v) is 5.61. The first kappa shape index (κ1) is 10.4. The van der Waals surface area contributed by atoms with Gasteiger partial charge in [-0.25, -0.2) is 9.97 Å². The second-order valence-electron chi connectivity index (χ2n) is 4.05. The number of hydrogen-bond donors (Lipinski definition) is 2. The van der Waals surface area contributed by atoms with E-state index >= 15 is 0 Å². The van der Waals surface area contributed by atoms with Gasteiger partial charge in [-0.2, -0.15) is 0 Å². The van der Waals surface area contributed by atoms with Crippen molar-refractivity contribution in [3.8, 4) is 0 Å². The third-order valence-electron chi connectivity index (χ3n) is 2.81. The van der Waals surface area contributed by atoms with Gasteiger partial charge in [-0.05, 0) is 31.9 Å². The predicted molar refractivity (Wildman–Crippen MR) is 60.8 cm³/mol. The number of hydrogen-bond acceptors (Lipinski definition) is 4. The topological polar surface area (TPSA) is 49.8 Å². The molecule has 4 heteroatoms. The van der Waals surface area contributed by atoms with Gasteiger partial charge in [0.05, 0.1) is 5.69 Å². The number of anilines is 1. The van der Waals surface area contributed by atoms with E-state index in [9.17, 15) is 0 Å². The van der Waals surface area contributed by atoms with Gasteiger partial charge in [0, 0.05) is 18.8 Å². The molecule has 0 saturated carbocycles. The molecule has 4 nitrogen and oxygen atoms in total. The first-order valence-electron chi connectivity index (χ1n) is 5.61. The molecule has 0 saturated heterocycles. The van der Waals surface area contributed by atoms with Gasteiger partial charge in [0.2, 0.25) is 5.95 Å². The van der Waals surface area contributed by atoms with E-state index < -0.39 is 0 Å². The van der Waals surface area contributed by atoms with Crippen LogP contribution in [-0.4, -0.2) is 22.6 Å². The minimum atomic E-state index is 0.430. The van der Waals surface area contributed by atoms with Gasteiger partial charge in [-0.15, -0.1) is 0 Å². The van der Waals surface area contributed by atoms with Crippen molar-refractivity contribution in [3.05, 3.63) is 17.5 Å². The van der Waals surface area contributed by atoms with Crippen LogP contribution in [0, 0.1) is 0 Å². The Labute approximate surface area is 90.5 Å². The molecular formula is C11H18N4. The molecule has 82 valence electrons. The van der Waals surface area contributed by atoms with Crippen LogP contribution in [0.25, 0.3) is 0 Å². The monoisotopic (exact) mass is 206 g/mol. The van der Waals surface area contributed by atoms with Crippen LogP contribution in [0.3, 0.4) is 0 Å². The van der Waals surface area contributed by atoms with Crippen molar-refractivity contribution in [2.45, 2.75) is 39.3 Å². The first-order chi connectivity index (χ1) is 7.29. The average Bonchev–Trinajstić information content (AvgIpc) is 2.29. The van der Waals surface area contributed by atoms with Crippen LogP contribution in [0.1, 0.15) is 31.5 Å². The molecule has 15 heavy (non-hydrogen) atoms. The number of nitrogens with one attached hydrogen (secondary N) is 2.